The van der Waals surface area contributed by atoms with Crippen LogP contribution in [0.2, 0.25) is 0 Å². The van der Waals surface area contributed by atoms with Crippen molar-refractivity contribution in [1.82, 2.24) is 0 Å². The van der Waals surface area contributed by atoms with E-state index in [4.69, 9.17) is 75.8 Å². The Morgan fingerprint density at radius 3 is 2.05 bits per heavy atom. The zero-order chi connectivity index (χ0) is 55.2. The quantitative estimate of drug-likeness (QED) is 0.253. The van der Waals surface area contributed by atoms with Crippen molar-refractivity contribution < 1.29 is 95.9 Å². The Labute approximate surface area is 474 Å². The van der Waals surface area contributed by atoms with Crippen molar-refractivity contribution in [2.24, 2.45) is 23.7 Å². The minimum Gasteiger partial charge on any atom is -0.459 e. The van der Waals surface area contributed by atoms with Crippen LogP contribution in [0.1, 0.15) is 143 Å². The maximum absolute atomic E-state index is 14.6. The first-order chi connectivity index (χ1) is 38.9. The van der Waals surface area contributed by atoms with Crippen LogP contribution in [-0.4, -0.2) is 204 Å². The summed E-state index contributed by atoms with van der Waals surface area (Å²) < 4.78 is 110. The maximum Gasteiger partial charge on any atom is 0.308 e. The first kappa shape index (κ1) is 54.6. The van der Waals surface area contributed by atoms with Gasteiger partial charge in [-0.1, -0.05) is 40.9 Å². The molecule has 0 aromatic carbocycles. The van der Waals surface area contributed by atoms with Gasteiger partial charge >= 0.3 is 5.97 Å². The van der Waals surface area contributed by atoms with Gasteiger partial charge in [-0.15, -0.1) is 0 Å². The Kier molecular flexibility index (Phi) is 13.4. The van der Waals surface area contributed by atoms with Crippen LogP contribution in [0.5, 0.6) is 0 Å². The van der Waals surface area contributed by atoms with E-state index in [-0.39, 0.29) is 128 Å². The molecule has 450 valence electrons. The Balaban J connectivity index is 0.631. The van der Waals surface area contributed by atoms with Crippen LogP contribution in [-0.2, 0) is 80.6 Å². The predicted molar refractivity (Wildman–Crippen MR) is 278 cm³/mol. The molecule has 0 aromatic heterocycles. The molecule has 3 N–H and O–H groups in total. The predicted octanol–water partition coefficient (Wildman–Crippen LogP) is 4.65. The zero-order valence-electron chi connectivity index (χ0n) is 47.4. The highest BCUT2D eigenvalue weighted by molar-refractivity contribution is 5.70. The van der Waals surface area contributed by atoms with Crippen molar-refractivity contribution in [2.75, 3.05) is 6.61 Å². The van der Waals surface area contributed by atoms with Gasteiger partial charge in [0.05, 0.1) is 129 Å². The topological polar surface area (TPSA) is 225 Å². The van der Waals surface area contributed by atoms with E-state index in [1.165, 1.54) is 0 Å². The summed E-state index contributed by atoms with van der Waals surface area (Å²) in [5.41, 5.74) is 2.10. The molecule has 0 amide bonds. The second kappa shape index (κ2) is 19.9. The molecule has 12 bridgehead atoms. The van der Waals surface area contributed by atoms with Gasteiger partial charge < -0.3 is 91.1 Å². The SMILES string of the molecule is C=C1CC2CCC34CC5OC6C(O3)C3OC(CCC3OC6(O)C5O4)CC(=O)OC3C(CC4OC(CCC1O2)CC(C)C4=C)OC1CC2OC4(CC2OC1C3C)CC1OC2(CC(C)C3OC5CC(C(O)CO)OC5CC3O2)CC(C)C1O4. The molecular formula is C61H86O20. The molecule has 0 aliphatic carbocycles. The molecule has 3 spiro atoms. The number of carbonyl (C=O) groups excluding carboxylic acids is 1. The van der Waals surface area contributed by atoms with Gasteiger partial charge in [-0.2, -0.15) is 0 Å². The number of aliphatic hydroxyl groups excluding tert-OH is 2. The number of hydrogen-bond acceptors (Lipinski definition) is 20. The maximum atomic E-state index is 14.6. The zero-order valence-corrected chi connectivity index (χ0v) is 47.4. The van der Waals surface area contributed by atoms with Gasteiger partial charge in [-0.3, -0.25) is 4.79 Å². The summed E-state index contributed by atoms with van der Waals surface area (Å²) in [5, 5.41) is 32.2. The van der Waals surface area contributed by atoms with Crippen LogP contribution >= 0.6 is 0 Å². The molecule has 17 fully saturated rings. The molecular weight excluding hydrogens is 1050 g/mol. The van der Waals surface area contributed by atoms with Crippen molar-refractivity contribution in [1.29, 1.82) is 0 Å². The highest BCUT2D eigenvalue weighted by atomic mass is 16.8. The third kappa shape index (κ3) is 9.04. The Morgan fingerprint density at radius 1 is 0.506 bits per heavy atom. The third-order valence-electron chi connectivity index (χ3n) is 22.7. The van der Waals surface area contributed by atoms with Crippen LogP contribution in [0.25, 0.3) is 0 Å². The number of hydrogen-bond donors (Lipinski definition) is 3. The van der Waals surface area contributed by atoms with Gasteiger partial charge in [-0.25, -0.2) is 0 Å². The summed E-state index contributed by atoms with van der Waals surface area (Å²) in [4.78, 5) is 14.6. The lowest BCUT2D eigenvalue weighted by Gasteiger charge is -2.54. The van der Waals surface area contributed by atoms with Crippen LogP contribution in [0.4, 0.5) is 0 Å². The average Bonchev–Trinajstić information content (AvgIpc) is 2.69. The van der Waals surface area contributed by atoms with Crippen molar-refractivity contribution >= 4 is 5.97 Å². The molecule has 17 aliphatic heterocycles. The molecule has 20 heteroatoms. The number of ether oxygens (including phenoxy) is 16. The normalized spacial score (nSPS) is 59.3. The largest absolute Gasteiger partial charge is 0.459 e. The van der Waals surface area contributed by atoms with Crippen LogP contribution in [0.3, 0.4) is 0 Å². The fourth-order valence-electron chi connectivity index (χ4n) is 18.9. The first-order valence-corrected chi connectivity index (χ1v) is 31.5. The highest BCUT2D eigenvalue weighted by Crippen LogP contribution is 2.59. The van der Waals surface area contributed by atoms with E-state index in [2.05, 4.69) is 40.9 Å². The first-order valence-electron chi connectivity index (χ1n) is 31.5. The Hall–Kier alpha value is -1.77. The van der Waals surface area contributed by atoms with E-state index in [9.17, 15) is 20.1 Å². The number of esters is 1. The van der Waals surface area contributed by atoms with E-state index in [0.717, 1.165) is 36.8 Å². The Bertz CT molecular complexity index is 2470. The van der Waals surface area contributed by atoms with Crippen molar-refractivity contribution in [3.63, 3.8) is 0 Å². The Morgan fingerprint density at radius 2 is 1.20 bits per heavy atom. The lowest BCUT2D eigenvalue weighted by molar-refractivity contribution is -0.369. The van der Waals surface area contributed by atoms with Crippen LogP contribution < -0.4 is 0 Å². The van der Waals surface area contributed by atoms with E-state index in [1.54, 1.807) is 0 Å². The molecule has 17 saturated heterocycles. The molecule has 17 rings (SSSR count). The fraction of sp³-hybridized carbons (Fsp3) is 0.918. The van der Waals surface area contributed by atoms with E-state index in [0.29, 0.717) is 83.5 Å². The van der Waals surface area contributed by atoms with Crippen molar-refractivity contribution in [3.05, 3.63) is 24.3 Å². The van der Waals surface area contributed by atoms with Gasteiger partial charge in [0, 0.05) is 70.1 Å². The molecule has 33 atom stereocenters. The minimum absolute atomic E-state index is 0.00701. The summed E-state index contributed by atoms with van der Waals surface area (Å²) in [7, 11) is 0. The van der Waals surface area contributed by atoms with E-state index < -0.39 is 90.3 Å². The van der Waals surface area contributed by atoms with Crippen LogP contribution in [0.15, 0.2) is 24.3 Å². The number of aliphatic hydroxyl groups is 3. The summed E-state index contributed by atoms with van der Waals surface area (Å²) >= 11 is 0. The average molecular weight is 1140 g/mol. The molecule has 20 nitrogen and oxygen atoms in total. The smallest absolute Gasteiger partial charge is 0.308 e. The van der Waals surface area contributed by atoms with Gasteiger partial charge in [0.2, 0.25) is 5.79 Å². The van der Waals surface area contributed by atoms with Crippen molar-refractivity contribution in [3.8, 4) is 0 Å². The van der Waals surface area contributed by atoms with E-state index >= 15 is 0 Å². The second-order valence-corrected chi connectivity index (χ2v) is 28.3. The standard InChI is InChI=1S/C61H86O20/c1-26-13-32-7-9-36-27(2)14-34(66-36)11-12-58-24-48-56(81-58)61(65)57(73-48)55(80-58)54-37(78-61)10-8-33(68-54)15-49(64)74-53-31(6)52-44(70-43(53)16-38(67-32)30(26)5)19-42-46(72-52)22-60(75-42)23-47-51(79-60)29(4)21-59(77-47)20-28(3)50-45(76-59)18-40-41(71-50)17-39(69-40)35(63)25-62/h26,28-29,31-48,50-57,62-63,65H,2,5,7-25H2,1,3-4,6H3. The lowest BCUT2D eigenvalue weighted by Crippen LogP contribution is -2.67. The molecule has 0 saturated carbocycles. The molecule has 0 radical (unpaired) electrons. The molecule has 81 heavy (non-hydrogen) atoms. The molecule has 0 aromatic rings. The summed E-state index contributed by atoms with van der Waals surface area (Å²) in [6.45, 7) is 17.5. The third-order valence-corrected chi connectivity index (χ3v) is 22.7. The molecule has 17 heterocycles. The van der Waals surface area contributed by atoms with Crippen molar-refractivity contribution in [2.45, 2.75) is 319 Å². The summed E-state index contributed by atoms with van der Waals surface area (Å²) in [6, 6.07) is 0. The minimum atomic E-state index is -1.67. The number of carbonyl (C=O) groups is 1. The lowest BCUT2D eigenvalue weighted by atomic mass is 9.78. The molecule has 33 unspecified atom stereocenters. The monoisotopic (exact) mass is 1140 g/mol. The van der Waals surface area contributed by atoms with Gasteiger partial charge in [-0.05, 0) is 73.8 Å². The van der Waals surface area contributed by atoms with Gasteiger partial charge in [0.25, 0.3) is 0 Å². The van der Waals surface area contributed by atoms with E-state index in [1.807, 2.05) is 0 Å². The summed E-state index contributed by atoms with van der Waals surface area (Å²) in [5.74, 6) is -4.61. The number of fused-ring (bicyclic) bond motifs is 11. The van der Waals surface area contributed by atoms with Crippen LogP contribution in [0, 0.1) is 23.7 Å². The second-order valence-electron chi connectivity index (χ2n) is 28.3. The summed E-state index contributed by atoms with van der Waals surface area (Å²) in [6.07, 6.45) is 0.739. The molecule has 17 aliphatic rings. The number of rotatable bonds is 2. The van der Waals surface area contributed by atoms with Gasteiger partial charge in [0.15, 0.2) is 17.4 Å². The van der Waals surface area contributed by atoms with Gasteiger partial charge in [0.1, 0.15) is 36.6 Å². The highest BCUT2D eigenvalue weighted by Gasteiger charge is 2.76. The fourth-order valence-corrected chi connectivity index (χ4v) is 18.9.